The van der Waals surface area contributed by atoms with Crippen LogP contribution in [0.1, 0.15) is 18.9 Å². The minimum absolute atomic E-state index is 0. The molecule has 0 aromatic heterocycles. The summed E-state index contributed by atoms with van der Waals surface area (Å²) in [4.78, 5) is 1.32. The van der Waals surface area contributed by atoms with Crippen LogP contribution in [0.5, 0.6) is 0 Å². The zero-order chi connectivity index (χ0) is 11.6. The molecule has 0 fully saturated rings. The Kier molecular flexibility index (Phi) is 10.8. The molecule has 0 bridgehead atoms. The zero-order valence-corrected chi connectivity index (χ0v) is 12.2. The molecule has 1 rings (SSSR count). The van der Waals surface area contributed by atoms with E-state index in [4.69, 9.17) is 4.74 Å². The van der Waals surface area contributed by atoms with Crippen molar-refractivity contribution in [2.75, 3.05) is 26.0 Å². The van der Waals surface area contributed by atoms with E-state index in [0.29, 0.717) is 0 Å². The number of rotatable bonds is 8. The van der Waals surface area contributed by atoms with Crippen molar-refractivity contribution < 1.29 is 4.74 Å². The largest absolute Gasteiger partial charge is 0.382 e. The van der Waals surface area contributed by atoms with Gasteiger partial charge in [-0.05, 0) is 43.8 Å². The highest BCUT2D eigenvalue weighted by molar-refractivity contribution is 7.98. The summed E-state index contributed by atoms with van der Waals surface area (Å²) < 4.78 is 5.27. The third kappa shape index (κ3) is 7.66. The van der Waals surface area contributed by atoms with Crippen molar-refractivity contribution in [3.63, 3.8) is 0 Å². The molecule has 0 aliphatic carbocycles. The molecule has 0 unspecified atom stereocenters. The third-order valence-electron chi connectivity index (χ3n) is 2.33. The Morgan fingerprint density at radius 3 is 2.53 bits per heavy atom. The van der Waals surface area contributed by atoms with Gasteiger partial charge in [0.15, 0.2) is 0 Å². The van der Waals surface area contributed by atoms with Gasteiger partial charge in [-0.2, -0.15) is 0 Å². The summed E-state index contributed by atoms with van der Waals surface area (Å²) >= 11 is 1.78. The van der Waals surface area contributed by atoms with Gasteiger partial charge in [0, 0.05) is 24.7 Å². The Hall–Kier alpha value is -0.220. The van der Waals surface area contributed by atoms with Gasteiger partial charge in [0.1, 0.15) is 0 Å². The summed E-state index contributed by atoms with van der Waals surface area (Å²) in [5.41, 5.74) is 1.34. The minimum atomic E-state index is 0. The van der Waals surface area contributed by atoms with Crippen molar-refractivity contribution in [2.24, 2.45) is 0 Å². The van der Waals surface area contributed by atoms with Crippen LogP contribution in [0.3, 0.4) is 0 Å². The van der Waals surface area contributed by atoms with Crippen LogP contribution in [0.15, 0.2) is 29.2 Å². The van der Waals surface area contributed by atoms with Crippen molar-refractivity contribution in [1.29, 1.82) is 0 Å². The third-order valence-corrected chi connectivity index (χ3v) is 3.08. The van der Waals surface area contributed by atoms with Gasteiger partial charge >= 0.3 is 0 Å². The second kappa shape index (κ2) is 10.9. The molecular formula is C13H22ClNOS. The average Bonchev–Trinajstić information content (AvgIpc) is 2.34. The van der Waals surface area contributed by atoms with Crippen LogP contribution in [0.4, 0.5) is 0 Å². The number of halogens is 1. The lowest BCUT2D eigenvalue weighted by Gasteiger charge is -2.05. The molecule has 98 valence electrons. The Morgan fingerprint density at radius 2 is 1.94 bits per heavy atom. The van der Waals surface area contributed by atoms with Crippen LogP contribution >= 0.6 is 24.2 Å². The van der Waals surface area contributed by atoms with E-state index in [2.05, 4.69) is 35.8 Å². The summed E-state index contributed by atoms with van der Waals surface area (Å²) in [6.45, 7) is 5.66. The Morgan fingerprint density at radius 1 is 1.24 bits per heavy atom. The van der Waals surface area contributed by atoms with Crippen LogP contribution in [0.2, 0.25) is 0 Å². The fourth-order valence-corrected chi connectivity index (χ4v) is 1.83. The molecule has 0 aliphatic rings. The lowest BCUT2D eigenvalue weighted by molar-refractivity contribution is 0.144. The van der Waals surface area contributed by atoms with Crippen LogP contribution in [0.25, 0.3) is 0 Å². The summed E-state index contributed by atoms with van der Waals surface area (Å²) in [6, 6.07) is 8.70. The minimum Gasteiger partial charge on any atom is -0.382 e. The molecule has 1 aromatic carbocycles. The van der Waals surface area contributed by atoms with Crippen LogP contribution in [0, 0.1) is 0 Å². The van der Waals surface area contributed by atoms with Crippen molar-refractivity contribution in [2.45, 2.75) is 24.8 Å². The Labute approximate surface area is 115 Å². The van der Waals surface area contributed by atoms with E-state index in [1.807, 2.05) is 6.92 Å². The molecule has 4 heteroatoms. The molecule has 17 heavy (non-hydrogen) atoms. The number of hydrogen-bond acceptors (Lipinski definition) is 3. The van der Waals surface area contributed by atoms with Crippen molar-refractivity contribution >= 4 is 24.2 Å². The number of hydrogen-bond donors (Lipinski definition) is 1. The maximum Gasteiger partial charge on any atom is 0.0477 e. The smallest absolute Gasteiger partial charge is 0.0477 e. The standard InChI is InChI=1S/C13H21NOS.ClH/c1-3-15-10-4-9-14-11-12-5-7-13(16-2)8-6-12;/h5-8,14H,3-4,9-11H2,1-2H3;1H. The van der Waals surface area contributed by atoms with Gasteiger partial charge in [-0.1, -0.05) is 12.1 Å². The Bertz CT molecular complexity index is 279. The topological polar surface area (TPSA) is 21.3 Å². The lowest BCUT2D eigenvalue weighted by atomic mass is 10.2. The van der Waals surface area contributed by atoms with E-state index in [-0.39, 0.29) is 12.4 Å². The fourth-order valence-electron chi connectivity index (χ4n) is 1.42. The predicted octanol–water partition coefficient (Wildman–Crippen LogP) is 3.35. The molecular weight excluding hydrogens is 254 g/mol. The van der Waals surface area contributed by atoms with Gasteiger partial charge in [0.05, 0.1) is 0 Å². The number of nitrogens with one attached hydrogen (secondary N) is 1. The Balaban J connectivity index is 0.00000256. The molecule has 2 nitrogen and oxygen atoms in total. The molecule has 0 saturated carbocycles. The molecule has 0 aliphatic heterocycles. The molecule has 0 spiro atoms. The molecule has 0 saturated heterocycles. The highest BCUT2D eigenvalue weighted by Gasteiger charge is 1.93. The predicted molar refractivity (Wildman–Crippen MR) is 78.3 cm³/mol. The summed E-state index contributed by atoms with van der Waals surface area (Å²) in [5.74, 6) is 0. The van der Waals surface area contributed by atoms with E-state index in [9.17, 15) is 0 Å². The molecule has 0 heterocycles. The van der Waals surface area contributed by atoms with Crippen LogP contribution in [-0.4, -0.2) is 26.0 Å². The molecule has 0 radical (unpaired) electrons. The van der Waals surface area contributed by atoms with Gasteiger partial charge in [-0.25, -0.2) is 0 Å². The first-order valence-electron chi connectivity index (χ1n) is 5.78. The monoisotopic (exact) mass is 275 g/mol. The second-order valence-electron chi connectivity index (χ2n) is 3.58. The number of thioether (sulfide) groups is 1. The zero-order valence-electron chi connectivity index (χ0n) is 10.6. The molecule has 1 N–H and O–H groups in total. The maximum absolute atomic E-state index is 5.27. The van der Waals surface area contributed by atoms with Crippen molar-refractivity contribution in [1.82, 2.24) is 5.32 Å². The normalized spacial score (nSPS) is 10.0. The quantitative estimate of drug-likeness (QED) is 0.581. The van der Waals surface area contributed by atoms with E-state index in [1.165, 1.54) is 10.5 Å². The van der Waals surface area contributed by atoms with Gasteiger partial charge in [0.2, 0.25) is 0 Å². The van der Waals surface area contributed by atoms with Gasteiger partial charge in [-0.3, -0.25) is 0 Å². The van der Waals surface area contributed by atoms with E-state index >= 15 is 0 Å². The molecule has 0 amide bonds. The van der Waals surface area contributed by atoms with Gasteiger partial charge < -0.3 is 10.1 Å². The summed E-state index contributed by atoms with van der Waals surface area (Å²) in [5, 5.41) is 3.41. The first-order valence-corrected chi connectivity index (χ1v) is 7.00. The molecule has 0 atom stereocenters. The van der Waals surface area contributed by atoms with E-state index in [1.54, 1.807) is 11.8 Å². The van der Waals surface area contributed by atoms with Crippen LogP contribution in [-0.2, 0) is 11.3 Å². The number of ether oxygens (including phenoxy) is 1. The first-order chi connectivity index (χ1) is 7.86. The first kappa shape index (κ1) is 16.8. The number of benzene rings is 1. The van der Waals surface area contributed by atoms with Crippen molar-refractivity contribution in [3.8, 4) is 0 Å². The summed E-state index contributed by atoms with van der Waals surface area (Å²) in [6.07, 6.45) is 3.18. The summed E-state index contributed by atoms with van der Waals surface area (Å²) in [7, 11) is 0. The fraction of sp³-hybridized carbons (Fsp3) is 0.538. The van der Waals surface area contributed by atoms with Crippen LogP contribution < -0.4 is 5.32 Å². The van der Waals surface area contributed by atoms with Crippen molar-refractivity contribution in [3.05, 3.63) is 29.8 Å². The van der Waals surface area contributed by atoms with E-state index in [0.717, 1.165) is 32.7 Å². The van der Waals surface area contributed by atoms with Gasteiger partial charge in [0.25, 0.3) is 0 Å². The lowest BCUT2D eigenvalue weighted by Crippen LogP contribution is -2.16. The highest BCUT2D eigenvalue weighted by atomic mass is 35.5. The molecule has 1 aromatic rings. The highest BCUT2D eigenvalue weighted by Crippen LogP contribution is 2.14. The van der Waals surface area contributed by atoms with Gasteiger partial charge in [-0.15, -0.1) is 24.2 Å². The average molecular weight is 276 g/mol. The SMILES string of the molecule is CCOCCCNCc1ccc(SC)cc1.Cl. The second-order valence-corrected chi connectivity index (χ2v) is 4.45. The maximum atomic E-state index is 5.27. The van der Waals surface area contributed by atoms with E-state index < -0.39 is 0 Å².